The van der Waals surface area contributed by atoms with Crippen LogP contribution in [0.3, 0.4) is 0 Å². The first-order valence-electron chi connectivity index (χ1n) is 10.5. The average molecular weight is 476 g/mol. The Morgan fingerprint density at radius 1 is 0.882 bits per heavy atom. The molecule has 0 spiro atoms. The van der Waals surface area contributed by atoms with E-state index in [2.05, 4.69) is 21.3 Å². The number of nitrogens with zero attached hydrogens (tertiary/aromatic N) is 2. The molecule has 0 aliphatic rings. The maximum absolute atomic E-state index is 12.9. The maximum Gasteiger partial charge on any atom is 0.290 e. The molecule has 0 saturated carbocycles. The highest BCUT2D eigenvalue weighted by Crippen LogP contribution is 2.14. The minimum atomic E-state index is -0.659. The fraction of sp³-hybridized carbons (Fsp3) is 0.125. The van der Waals surface area contributed by atoms with Crippen LogP contribution in [-0.4, -0.2) is 34.0 Å². The molecule has 9 nitrogen and oxygen atoms in total. The van der Waals surface area contributed by atoms with Gasteiger partial charge in [0.25, 0.3) is 17.4 Å². The zero-order valence-corrected chi connectivity index (χ0v) is 18.8. The van der Waals surface area contributed by atoms with E-state index in [0.29, 0.717) is 16.3 Å². The largest absolute Gasteiger partial charge is 0.351 e. The van der Waals surface area contributed by atoms with E-state index >= 15 is 0 Å². The number of hydrazine groups is 1. The van der Waals surface area contributed by atoms with Gasteiger partial charge in [-0.2, -0.15) is 16.4 Å². The normalized spacial score (nSPS) is 10.6. The van der Waals surface area contributed by atoms with Crippen molar-refractivity contribution in [1.29, 1.82) is 0 Å². The van der Waals surface area contributed by atoms with E-state index in [1.165, 1.54) is 16.0 Å². The molecule has 34 heavy (non-hydrogen) atoms. The highest BCUT2D eigenvalue weighted by Gasteiger charge is 2.17. The van der Waals surface area contributed by atoms with Gasteiger partial charge in [-0.15, -0.1) is 0 Å². The molecule has 0 atom stereocenters. The van der Waals surface area contributed by atoms with Crippen LogP contribution in [0.1, 0.15) is 32.8 Å². The van der Waals surface area contributed by atoms with E-state index in [1.807, 2.05) is 30.3 Å². The predicted octanol–water partition coefficient (Wildman–Crippen LogP) is 2.09. The number of carbonyl (C=O) groups excluding carboxylic acids is 3. The number of hydrogen-bond acceptors (Lipinski definition) is 6. The van der Waals surface area contributed by atoms with Crippen molar-refractivity contribution in [2.75, 3.05) is 6.54 Å². The SMILES string of the molecule is O=C(CCNC(=O)c1ccsc1)NNC(=O)c1nn(Cc2ccccc2)c(=O)c2ccccc12. The molecule has 172 valence electrons. The maximum atomic E-state index is 12.9. The molecule has 0 aliphatic carbocycles. The standard InChI is InChI=1S/C24H21N5O4S/c30-20(10-12-25-22(31)17-11-13-34-15-17)26-27-23(32)21-18-8-4-5-9-19(18)24(33)29(28-21)14-16-6-2-1-3-7-16/h1-9,11,13,15H,10,12,14H2,(H,25,31)(H,26,30)(H,27,32). The van der Waals surface area contributed by atoms with Gasteiger partial charge in [0.05, 0.1) is 11.9 Å². The molecular formula is C24H21N5O4S. The van der Waals surface area contributed by atoms with Crippen molar-refractivity contribution in [1.82, 2.24) is 25.9 Å². The van der Waals surface area contributed by atoms with Crippen LogP contribution in [0.25, 0.3) is 10.8 Å². The van der Waals surface area contributed by atoms with Crippen molar-refractivity contribution in [3.63, 3.8) is 0 Å². The minimum absolute atomic E-state index is 0.0113. The van der Waals surface area contributed by atoms with Crippen molar-refractivity contribution in [3.05, 3.63) is 98.6 Å². The number of thiophene rings is 1. The first-order valence-corrected chi connectivity index (χ1v) is 11.4. The second kappa shape index (κ2) is 10.5. The molecule has 4 rings (SSSR count). The fourth-order valence-corrected chi connectivity index (χ4v) is 3.94. The van der Waals surface area contributed by atoms with Gasteiger partial charge in [0.1, 0.15) is 0 Å². The van der Waals surface area contributed by atoms with Gasteiger partial charge in [-0.3, -0.25) is 30.0 Å². The van der Waals surface area contributed by atoms with Gasteiger partial charge in [-0.1, -0.05) is 48.5 Å². The average Bonchev–Trinajstić information content (AvgIpc) is 3.40. The summed E-state index contributed by atoms with van der Waals surface area (Å²) in [5.74, 6) is -1.41. The number of rotatable bonds is 7. The number of nitrogens with one attached hydrogen (secondary N) is 3. The molecule has 4 aromatic rings. The summed E-state index contributed by atoms with van der Waals surface area (Å²) in [7, 11) is 0. The van der Waals surface area contributed by atoms with Crippen molar-refractivity contribution >= 4 is 39.8 Å². The zero-order valence-electron chi connectivity index (χ0n) is 18.0. The van der Waals surface area contributed by atoms with Crippen molar-refractivity contribution < 1.29 is 14.4 Å². The van der Waals surface area contributed by atoms with Gasteiger partial charge in [-0.05, 0) is 23.1 Å². The van der Waals surface area contributed by atoms with Gasteiger partial charge in [0.2, 0.25) is 5.91 Å². The number of hydrogen-bond donors (Lipinski definition) is 3. The summed E-state index contributed by atoms with van der Waals surface area (Å²) in [6, 6.07) is 17.7. The van der Waals surface area contributed by atoms with Crippen LogP contribution in [0.2, 0.25) is 0 Å². The lowest BCUT2D eigenvalue weighted by Gasteiger charge is -2.12. The lowest BCUT2D eigenvalue weighted by atomic mass is 10.1. The number of fused-ring (bicyclic) bond motifs is 1. The van der Waals surface area contributed by atoms with Crippen LogP contribution in [-0.2, 0) is 11.3 Å². The Morgan fingerprint density at radius 2 is 1.62 bits per heavy atom. The van der Waals surface area contributed by atoms with Gasteiger partial charge >= 0.3 is 0 Å². The third kappa shape index (κ3) is 5.36. The lowest BCUT2D eigenvalue weighted by Crippen LogP contribution is -2.43. The van der Waals surface area contributed by atoms with Crippen LogP contribution in [0.5, 0.6) is 0 Å². The van der Waals surface area contributed by atoms with Crippen molar-refractivity contribution in [3.8, 4) is 0 Å². The molecule has 0 radical (unpaired) electrons. The summed E-state index contributed by atoms with van der Waals surface area (Å²) in [6.07, 6.45) is -0.0299. The molecule has 0 unspecified atom stereocenters. The summed E-state index contributed by atoms with van der Waals surface area (Å²) in [4.78, 5) is 49.8. The predicted molar refractivity (Wildman–Crippen MR) is 128 cm³/mol. The van der Waals surface area contributed by atoms with Gasteiger partial charge < -0.3 is 5.32 Å². The molecule has 3 N–H and O–H groups in total. The Morgan fingerprint density at radius 3 is 2.35 bits per heavy atom. The molecule has 2 aromatic heterocycles. The second-order valence-corrected chi connectivity index (χ2v) is 8.14. The van der Waals surface area contributed by atoms with E-state index in [4.69, 9.17) is 0 Å². The topological polar surface area (TPSA) is 122 Å². The number of benzene rings is 2. The molecule has 0 aliphatic heterocycles. The third-order valence-electron chi connectivity index (χ3n) is 4.99. The van der Waals surface area contributed by atoms with Crippen LogP contribution >= 0.6 is 11.3 Å². The monoisotopic (exact) mass is 475 g/mol. The van der Waals surface area contributed by atoms with E-state index in [9.17, 15) is 19.2 Å². The zero-order chi connectivity index (χ0) is 23.9. The number of carbonyl (C=O) groups is 3. The van der Waals surface area contributed by atoms with Crippen molar-refractivity contribution in [2.45, 2.75) is 13.0 Å². The summed E-state index contributed by atoms with van der Waals surface area (Å²) in [5, 5.41) is 11.1. The van der Waals surface area contributed by atoms with Crippen molar-refractivity contribution in [2.24, 2.45) is 0 Å². The number of amides is 3. The third-order valence-corrected chi connectivity index (χ3v) is 5.68. The lowest BCUT2D eigenvalue weighted by molar-refractivity contribution is -0.121. The molecule has 10 heteroatoms. The quantitative estimate of drug-likeness (QED) is 0.353. The number of aromatic nitrogens is 2. The summed E-state index contributed by atoms with van der Waals surface area (Å²) < 4.78 is 1.23. The summed E-state index contributed by atoms with van der Waals surface area (Å²) in [5.41, 5.74) is 5.74. The smallest absolute Gasteiger partial charge is 0.290 e. The highest BCUT2D eigenvalue weighted by atomic mass is 32.1. The summed E-state index contributed by atoms with van der Waals surface area (Å²) >= 11 is 1.40. The Hall–Kier alpha value is -4.31. The van der Waals surface area contributed by atoms with E-state index < -0.39 is 11.8 Å². The molecule has 0 bridgehead atoms. The first-order chi connectivity index (χ1) is 16.5. The minimum Gasteiger partial charge on any atom is -0.351 e. The molecular weight excluding hydrogens is 454 g/mol. The Labute approximate surface area is 198 Å². The van der Waals surface area contributed by atoms with Crippen LogP contribution in [0.4, 0.5) is 0 Å². The summed E-state index contributed by atoms with van der Waals surface area (Å²) in [6.45, 7) is 0.306. The van der Waals surface area contributed by atoms with E-state index in [1.54, 1.807) is 41.1 Å². The molecule has 0 fully saturated rings. The van der Waals surface area contributed by atoms with Gasteiger partial charge in [0, 0.05) is 29.3 Å². The molecule has 3 amide bonds. The first kappa shape index (κ1) is 22.9. The van der Waals surface area contributed by atoms with E-state index in [0.717, 1.165) is 5.56 Å². The molecule has 2 aromatic carbocycles. The second-order valence-electron chi connectivity index (χ2n) is 7.36. The molecule has 0 saturated heterocycles. The van der Waals surface area contributed by atoms with Gasteiger partial charge in [-0.25, -0.2) is 4.68 Å². The fourth-order valence-electron chi connectivity index (χ4n) is 3.30. The van der Waals surface area contributed by atoms with Crippen LogP contribution in [0.15, 0.2) is 76.2 Å². The Balaban J connectivity index is 1.43. The van der Waals surface area contributed by atoms with Crippen LogP contribution < -0.4 is 21.7 Å². The van der Waals surface area contributed by atoms with Crippen LogP contribution in [0, 0.1) is 0 Å². The van der Waals surface area contributed by atoms with E-state index in [-0.39, 0.29) is 36.7 Å². The molecule has 2 heterocycles. The van der Waals surface area contributed by atoms with Gasteiger partial charge in [0.15, 0.2) is 5.69 Å². The Kier molecular flexibility index (Phi) is 7.09. The highest BCUT2D eigenvalue weighted by molar-refractivity contribution is 7.08. The Bertz CT molecular complexity index is 1380.